The van der Waals surface area contributed by atoms with Crippen molar-refractivity contribution in [2.45, 2.75) is 0 Å². The van der Waals surface area contributed by atoms with E-state index in [0.29, 0.717) is 10.0 Å². The number of benzene rings is 6. The highest BCUT2D eigenvalue weighted by molar-refractivity contribution is 9.11. The van der Waals surface area contributed by atoms with Crippen LogP contribution in [0.25, 0.3) is 54.6 Å². The van der Waals surface area contributed by atoms with Gasteiger partial charge in [-0.25, -0.2) is 0 Å². The van der Waals surface area contributed by atoms with Crippen molar-refractivity contribution >= 4 is 87.4 Å². The minimum absolute atomic E-state index is 0.712. The number of hydrogen-bond donors (Lipinski definition) is 0. The number of fused-ring (bicyclic) bond motifs is 5. The molecule has 164 valence electrons. The van der Waals surface area contributed by atoms with Crippen LogP contribution in [0.15, 0.2) is 106 Å². The molecule has 0 aliphatic heterocycles. The Kier molecular flexibility index (Phi) is 5.66. The lowest BCUT2D eigenvalue weighted by molar-refractivity contribution is 1.61. The fourth-order valence-electron chi connectivity index (χ4n) is 4.81. The summed E-state index contributed by atoms with van der Waals surface area (Å²) >= 11 is 20.0. The highest BCUT2D eigenvalue weighted by atomic mass is 79.9. The molecule has 0 aliphatic rings. The van der Waals surface area contributed by atoms with Gasteiger partial charge in [-0.1, -0.05) is 116 Å². The third kappa shape index (κ3) is 3.65. The van der Waals surface area contributed by atoms with E-state index in [1.54, 1.807) is 0 Å². The van der Waals surface area contributed by atoms with Crippen molar-refractivity contribution in [2.75, 3.05) is 0 Å². The molecule has 0 aliphatic carbocycles. The van der Waals surface area contributed by atoms with Gasteiger partial charge in [-0.05, 0) is 91.0 Å². The molecule has 0 fully saturated rings. The molecule has 0 unspecified atom stereocenters. The zero-order valence-corrected chi connectivity index (χ0v) is 22.4. The second-order valence-electron chi connectivity index (χ2n) is 8.28. The molecule has 0 amide bonds. The minimum atomic E-state index is 0.712. The van der Waals surface area contributed by atoms with Crippen molar-refractivity contribution in [1.82, 2.24) is 0 Å². The van der Waals surface area contributed by atoms with E-state index in [-0.39, 0.29) is 0 Å². The highest BCUT2D eigenvalue weighted by Crippen LogP contribution is 2.44. The Morgan fingerprint density at radius 2 is 0.765 bits per heavy atom. The molecular formula is C30H16Br2Cl2. The van der Waals surface area contributed by atoms with Crippen LogP contribution in [-0.2, 0) is 0 Å². The standard InChI is InChI=1S/C30H16Br2Cl2/c31-29-13-17(33)9-11-23(29)25-15-28-22-8-4-2-6-20(22)26(24-12-10-18(34)14-30(24)32)16-27(28)21-7-3-1-5-19(21)25/h1-16H. The first-order valence-corrected chi connectivity index (χ1v) is 13.1. The predicted octanol–water partition coefficient (Wildman–Crippen LogP) is 11.3. The molecular weight excluding hydrogens is 591 g/mol. The van der Waals surface area contributed by atoms with E-state index in [2.05, 4.69) is 105 Å². The van der Waals surface area contributed by atoms with Crippen LogP contribution < -0.4 is 0 Å². The fraction of sp³-hybridized carbons (Fsp3) is 0. The van der Waals surface area contributed by atoms with Gasteiger partial charge in [0.2, 0.25) is 0 Å². The fourth-order valence-corrected chi connectivity index (χ4v) is 6.61. The molecule has 6 aromatic carbocycles. The maximum atomic E-state index is 6.25. The molecule has 0 bridgehead atoms. The molecule has 0 saturated heterocycles. The quantitative estimate of drug-likeness (QED) is 0.172. The molecule has 6 aromatic rings. The molecule has 6 rings (SSSR count). The van der Waals surface area contributed by atoms with E-state index >= 15 is 0 Å². The molecule has 34 heavy (non-hydrogen) atoms. The summed E-state index contributed by atoms with van der Waals surface area (Å²) < 4.78 is 1.96. The molecule has 0 atom stereocenters. The van der Waals surface area contributed by atoms with Crippen molar-refractivity contribution in [2.24, 2.45) is 0 Å². The van der Waals surface area contributed by atoms with Gasteiger partial charge in [-0.15, -0.1) is 0 Å². The van der Waals surface area contributed by atoms with Crippen LogP contribution in [0.3, 0.4) is 0 Å². The van der Waals surface area contributed by atoms with Gasteiger partial charge < -0.3 is 0 Å². The Hall–Kier alpha value is -2.36. The van der Waals surface area contributed by atoms with Gasteiger partial charge >= 0.3 is 0 Å². The van der Waals surface area contributed by atoms with Gasteiger partial charge in [-0.2, -0.15) is 0 Å². The molecule has 0 aromatic heterocycles. The largest absolute Gasteiger partial charge is 0.0843 e. The summed E-state index contributed by atoms with van der Waals surface area (Å²) in [5.74, 6) is 0. The van der Waals surface area contributed by atoms with Crippen molar-refractivity contribution < 1.29 is 0 Å². The topological polar surface area (TPSA) is 0 Å². The van der Waals surface area contributed by atoms with Gasteiger partial charge in [0.1, 0.15) is 0 Å². The van der Waals surface area contributed by atoms with Gasteiger partial charge in [0.25, 0.3) is 0 Å². The number of halogens is 4. The molecule has 0 heterocycles. The normalized spacial score (nSPS) is 11.5. The smallest absolute Gasteiger partial charge is 0.0417 e. The van der Waals surface area contributed by atoms with E-state index in [1.165, 1.54) is 43.4 Å². The van der Waals surface area contributed by atoms with Crippen LogP contribution in [0.5, 0.6) is 0 Å². The van der Waals surface area contributed by atoms with E-state index in [4.69, 9.17) is 23.2 Å². The summed E-state index contributed by atoms with van der Waals surface area (Å²) in [6.45, 7) is 0. The summed E-state index contributed by atoms with van der Waals surface area (Å²) in [5.41, 5.74) is 4.60. The monoisotopic (exact) mass is 604 g/mol. The summed E-state index contributed by atoms with van der Waals surface area (Å²) in [4.78, 5) is 0. The van der Waals surface area contributed by atoms with Crippen molar-refractivity contribution in [3.8, 4) is 22.3 Å². The van der Waals surface area contributed by atoms with Crippen molar-refractivity contribution in [1.29, 1.82) is 0 Å². The van der Waals surface area contributed by atoms with E-state index in [1.807, 2.05) is 24.3 Å². The third-order valence-corrected chi connectivity index (χ3v) is 8.11. The zero-order chi connectivity index (χ0) is 23.4. The highest BCUT2D eigenvalue weighted by Gasteiger charge is 2.16. The van der Waals surface area contributed by atoms with Crippen LogP contribution in [0.2, 0.25) is 10.0 Å². The van der Waals surface area contributed by atoms with Gasteiger partial charge in [-0.3, -0.25) is 0 Å². The Labute approximate surface area is 224 Å². The SMILES string of the molecule is Clc1ccc(-c2cc3c4ccccc4c(-c4ccc(Cl)cc4Br)cc3c3ccccc23)c(Br)c1. The van der Waals surface area contributed by atoms with Crippen molar-refractivity contribution in [3.05, 3.63) is 116 Å². The maximum Gasteiger partial charge on any atom is 0.0417 e. The lowest BCUT2D eigenvalue weighted by Gasteiger charge is -2.17. The van der Waals surface area contributed by atoms with Crippen LogP contribution in [-0.4, -0.2) is 0 Å². The Morgan fingerprint density at radius 3 is 1.15 bits per heavy atom. The lowest BCUT2D eigenvalue weighted by atomic mass is 9.88. The minimum Gasteiger partial charge on any atom is -0.0843 e. The number of hydrogen-bond acceptors (Lipinski definition) is 0. The first-order valence-electron chi connectivity index (χ1n) is 10.8. The lowest BCUT2D eigenvalue weighted by Crippen LogP contribution is -1.90. The van der Waals surface area contributed by atoms with Crippen LogP contribution >= 0.6 is 55.1 Å². The average Bonchev–Trinajstić information content (AvgIpc) is 2.83. The van der Waals surface area contributed by atoms with Crippen LogP contribution in [0.1, 0.15) is 0 Å². The third-order valence-electron chi connectivity index (χ3n) is 6.32. The second-order valence-corrected chi connectivity index (χ2v) is 10.9. The first kappa shape index (κ1) is 22.1. The van der Waals surface area contributed by atoms with Crippen LogP contribution in [0.4, 0.5) is 0 Å². The summed E-state index contributed by atoms with van der Waals surface area (Å²) in [7, 11) is 0. The van der Waals surface area contributed by atoms with E-state index < -0.39 is 0 Å². The first-order chi connectivity index (χ1) is 16.5. The molecule has 4 heteroatoms. The Balaban J connectivity index is 1.79. The van der Waals surface area contributed by atoms with Gasteiger partial charge in [0.15, 0.2) is 0 Å². The van der Waals surface area contributed by atoms with Gasteiger partial charge in [0.05, 0.1) is 0 Å². The predicted molar refractivity (Wildman–Crippen MR) is 155 cm³/mol. The molecule has 0 radical (unpaired) electrons. The Bertz CT molecular complexity index is 1620. The summed E-state index contributed by atoms with van der Waals surface area (Å²) in [6, 6.07) is 33.8. The number of rotatable bonds is 2. The molecule has 0 saturated carbocycles. The van der Waals surface area contributed by atoms with E-state index in [0.717, 1.165) is 20.1 Å². The molecule has 0 N–H and O–H groups in total. The van der Waals surface area contributed by atoms with E-state index in [9.17, 15) is 0 Å². The van der Waals surface area contributed by atoms with Crippen molar-refractivity contribution in [3.63, 3.8) is 0 Å². The summed E-state index contributed by atoms with van der Waals surface area (Å²) in [6.07, 6.45) is 0. The van der Waals surface area contributed by atoms with Crippen LogP contribution in [0, 0.1) is 0 Å². The molecule has 0 spiro atoms. The Morgan fingerprint density at radius 1 is 0.382 bits per heavy atom. The molecule has 0 nitrogen and oxygen atoms in total. The average molecular weight is 607 g/mol. The maximum absolute atomic E-state index is 6.25. The van der Waals surface area contributed by atoms with Gasteiger partial charge in [0, 0.05) is 19.0 Å². The summed E-state index contributed by atoms with van der Waals surface area (Å²) in [5, 5.41) is 8.71. The second kappa shape index (κ2) is 8.70. The zero-order valence-electron chi connectivity index (χ0n) is 17.7.